The number of para-hydroxylation sites is 2. The lowest BCUT2D eigenvalue weighted by molar-refractivity contribution is 0.277. The van der Waals surface area contributed by atoms with Crippen molar-refractivity contribution in [2.45, 2.75) is 25.9 Å². The Morgan fingerprint density at radius 3 is 2.45 bits per heavy atom. The van der Waals surface area contributed by atoms with E-state index in [-0.39, 0.29) is 6.61 Å². The van der Waals surface area contributed by atoms with E-state index in [4.69, 9.17) is 0 Å². The largest absolute Gasteiger partial charge is 0.390 e. The first-order chi connectivity index (χ1) is 15.3. The van der Waals surface area contributed by atoms with Crippen LogP contribution in [-0.2, 0) is 19.4 Å². The zero-order chi connectivity index (χ0) is 21.0. The van der Waals surface area contributed by atoms with Gasteiger partial charge >= 0.3 is 0 Å². The number of aliphatic hydroxyl groups excluding tert-OH is 1. The number of aromatic amines is 1. The number of aromatic nitrogens is 2. The van der Waals surface area contributed by atoms with Crippen LogP contribution in [0.1, 0.15) is 23.2 Å². The van der Waals surface area contributed by atoms with E-state index in [0.29, 0.717) is 5.69 Å². The van der Waals surface area contributed by atoms with Crippen molar-refractivity contribution in [2.75, 3.05) is 5.32 Å². The number of rotatable bonds is 7. The molecule has 0 aliphatic heterocycles. The summed E-state index contributed by atoms with van der Waals surface area (Å²) in [6, 6.07) is 27.0. The van der Waals surface area contributed by atoms with Gasteiger partial charge in [-0.2, -0.15) is 0 Å². The van der Waals surface area contributed by atoms with E-state index in [2.05, 4.69) is 70.0 Å². The Labute approximate surface area is 181 Å². The zero-order valence-corrected chi connectivity index (χ0v) is 17.3. The molecule has 0 saturated heterocycles. The van der Waals surface area contributed by atoms with Gasteiger partial charge in [0.2, 0.25) is 0 Å². The van der Waals surface area contributed by atoms with E-state index >= 15 is 0 Å². The summed E-state index contributed by atoms with van der Waals surface area (Å²) in [4.78, 5) is 7.85. The number of nitrogens with one attached hydrogen (secondary N) is 2. The molecule has 4 nitrogen and oxygen atoms in total. The summed E-state index contributed by atoms with van der Waals surface area (Å²) in [5.74, 6) is 0. The number of H-pyrrole nitrogens is 1. The van der Waals surface area contributed by atoms with Gasteiger partial charge in [0.25, 0.3) is 0 Å². The number of aryl methyl sites for hydroxylation is 2. The zero-order valence-electron chi connectivity index (χ0n) is 17.3. The number of aliphatic hydroxyl groups is 1. The van der Waals surface area contributed by atoms with Crippen LogP contribution >= 0.6 is 0 Å². The van der Waals surface area contributed by atoms with Crippen LogP contribution in [0.4, 0.5) is 11.4 Å². The highest BCUT2D eigenvalue weighted by atomic mass is 16.3. The molecule has 0 amide bonds. The molecule has 0 fully saturated rings. The monoisotopic (exact) mass is 407 g/mol. The highest BCUT2D eigenvalue weighted by Crippen LogP contribution is 2.27. The summed E-state index contributed by atoms with van der Waals surface area (Å²) in [5, 5.41) is 15.4. The molecule has 0 bridgehead atoms. The molecule has 0 atom stereocenters. The van der Waals surface area contributed by atoms with Gasteiger partial charge in [0.1, 0.15) is 0 Å². The van der Waals surface area contributed by atoms with Crippen LogP contribution < -0.4 is 5.32 Å². The van der Waals surface area contributed by atoms with Crippen LogP contribution in [0.3, 0.4) is 0 Å². The van der Waals surface area contributed by atoms with E-state index in [1.54, 1.807) is 0 Å². The number of benzene rings is 3. The normalized spacial score (nSPS) is 11.3. The third-order valence-electron chi connectivity index (χ3n) is 5.75. The highest BCUT2D eigenvalue weighted by Gasteiger charge is 2.06. The van der Waals surface area contributed by atoms with Gasteiger partial charge in [-0.25, -0.2) is 0 Å². The second kappa shape index (κ2) is 8.62. The van der Waals surface area contributed by atoms with Gasteiger partial charge < -0.3 is 15.4 Å². The second-order valence-corrected chi connectivity index (χ2v) is 7.87. The first-order valence-corrected chi connectivity index (χ1v) is 10.7. The summed E-state index contributed by atoms with van der Waals surface area (Å²) >= 11 is 0. The molecule has 0 aliphatic rings. The maximum absolute atomic E-state index is 9.54. The molecule has 5 rings (SSSR count). The van der Waals surface area contributed by atoms with E-state index < -0.39 is 0 Å². The quantitative estimate of drug-likeness (QED) is 0.304. The Bertz CT molecular complexity index is 1320. The lowest BCUT2D eigenvalue weighted by Gasteiger charge is -2.12. The van der Waals surface area contributed by atoms with Crippen molar-refractivity contribution in [3.63, 3.8) is 0 Å². The predicted molar refractivity (Wildman–Crippen MR) is 128 cm³/mol. The SMILES string of the molecule is OCc1cc(Nc2ccc(CCCc3c[nH]c4ccccc34)cc2)c2ccccc2n1. The average molecular weight is 408 g/mol. The summed E-state index contributed by atoms with van der Waals surface area (Å²) in [7, 11) is 0. The third-order valence-corrected chi connectivity index (χ3v) is 5.75. The van der Waals surface area contributed by atoms with Crippen molar-refractivity contribution in [3.8, 4) is 0 Å². The maximum Gasteiger partial charge on any atom is 0.0854 e. The summed E-state index contributed by atoms with van der Waals surface area (Å²) in [5.41, 5.74) is 7.46. The van der Waals surface area contributed by atoms with Crippen LogP contribution in [-0.4, -0.2) is 15.1 Å². The predicted octanol–water partition coefficient (Wildman–Crippen LogP) is 6.13. The maximum atomic E-state index is 9.54. The van der Waals surface area contributed by atoms with Crippen molar-refractivity contribution in [2.24, 2.45) is 0 Å². The van der Waals surface area contributed by atoms with Crippen molar-refractivity contribution in [1.82, 2.24) is 9.97 Å². The lowest BCUT2D eigenvalue weighted by atomic mass is 10.0. The summed E-state index contributed by atoms with van der Waals surface area (Å²) in [6.07, 6.45) is 5.37. The number of hydrogen-bond donors (Lipinski definition) is 3. The molecule has 0 radical (unpaired) electrons. The number of hydrogen-bond acceptors (Lipinski definition) is 3. The number of pyridine rings is 1. The molecule has 3 aromatic carbocycles. The highest BCUT2D eigenvalue weighted by molar-refractivity contribution is 5.93. The van der Waals surface area contributed by atoms with Gasteiger partial charge in [-0.1, -0.05) is 48.5 Å². The molecule has 0 unspecified atom stereocenters. The Morgan fingerprint density at radius 2 is 1.61 bits per heavy atom. The Balaban J connectivity index is 1.26. The van der Waals surface area contributed by atoms with Crippen molar-refractivity contribution < 1.29 is 5.11 Å². The Kier molecular flexibility index (Phi) is 5.38. The Hall–Kier alpha value is -3.63. The van der Waals surface area contributed by atoms with Crippen LogP contribution in [0.5, 0.6) is 0 Å². The fraction of sp³-hybridized carbons (Fsp3) is 0.148. The molecular formula is C27H25N3O. The van der Waals surface area contributed by atoms with Crippen molar-refractivity contribution in [3.05, 3.63) is 102 Å². The molecule has 5 aromatic rings. The molecule has 2 aromatic heterocycles. The molecule has 3 N–H and O–H groups in total. The minimum Gasteiger partial charge on any atom is -0.390 e. The number of nitrogens with zero attached hydrogens (tertiary/aromatic N) is 1. The van der Waals surface area contributed by atoms with Gasteiger partial charge in [-0.15, -0.1) is 0 Å². The smallest absolute Gasteiger partial charge is 0.0854 e. The molecule has 31 heavy (non-hydrogen) atoms. The van der Waals surface area contributed by atoms with Gasteiger partial charge in [0.05, 0.1) is 17.8 Å². The fourth-order valence-corrected chi connectivity index (χ4v) is 4.15. The molecule has 4 heteroatoms. The molecule has 0 spiro atoms. The third kappa shape index (κ3) is 4.16. The lowest BCUT2D eigenvalue weighted by Crippen LogP contribution is -1.97. The first kappa shape index (κ1) is 19.3. The van der Waals surface area contributed by atoms with E-state index in [9.17, 15) is 5.11 Å². The van der Waals surface area contributed by atoms with Gasteiger partial charge in [-0.05, 0) is 60.7 Å². The molecule has 2 heterocycles. The number of anilines is 2. The van der Waals surface area contributed by atoms with Crippen LogP contribution in [0.2, 0.25) is 0 Å². The van der Waals surface area contributed by atoms with Gasteiger partial charge in [0.15, 0.2) is 0 Å². The van der Waals surface area contributed by atoms with Crippen LogP contribution in [0.15, 0.2) is 85.1 Å². The van der Waals surface area contributed by atoms with Gasteiger partial charge in [0, 0.05) is 33.9 Å². The topological polar surface area (TPSA) is 60.9 Å². The van der Waals surface area contributed by atoms with Gasteiger partial charge in [-0.3, -0.25) is 4.98 Å². The molecular weight excluding hydrogens is 382 g/mol. The molecule has 154 valence electrons. The minimum atomic E-state index is -0.0745. The Morgan fingerprint density at radius 1 is 0.839 bits per heavy atom. The van der Waals surface area contributed by atoms with E-state index in [0.717, 1.165) is 41.5 Å². The van der Waals surface area contributed by atoms with E-state index in [1.807, 2.05) is 30.3 Å². The average Bonchev–Trinajstić information content (AvgIpc) is 3.23. The molecule has 0 saturated carbocycles. The van der Waals surface area contributed by atoms with Crippen LogP contribution in [0.25, 0.3) is 21.8 Å². The molecule has 0 aliphatic carbocycles. The summed E-state index contributed by atoms with van der Waals surface area (Å²) in [6.45, 7) is -0.0745. The minimum absolute atomic E-state index is 0.0745. The second-order valence-electron chi connectivity index (χ2n) is 7.87. The standard InChI is InChI=1S/C27H25N3O/c31-18-22-16-27(24-9-2-4-11-26(24)30-22)29-21-14-12-19(13-15-21)6-5-7-20-17-28-25-10-3-1-8-23(20)25/h1-4,8-17,28,31H,5-7,18H2,(H,29,30). The number of fused-ring (bicyclic) bond motifs is 2. The van der Waals surface area contributed by atoms with Crippen LogP contribution in [0, 0.1) is 0 Å². The first-order valence-electron chi connectivity index (χ1n) is 10.7. The summed E-state index contributed by atoms with van der Waals surface area (Å²) < 4.78 is 0. The van der Waals surface area contributed by atoms with Crippen molar-refractivity contribution >= 4 is 33.2 Å². The fourth-order valence-electron chi connectivity index (χ4n) is 4.15. The van der Waals surface area contributed by atoms with E-state index in [1.165, 1.54) is 22.0 Å². The van der Waals surface area contributed by atoms with Crippen molar-refractivity contribution in [1.29, 1.82) is 0 Å².